The minimum Gasteiger partial charge on any atom is -0.336 e. The maximum Gasteiger partial charge on any atom is 0.321 e. The Hall–Kier alpha value is -1.99. The van der Waals surface area contributed by atoms with Crippen LogP contribution < -0.4 is 15.5 Å². The lowest BCUT2D eigenvalue weighted by Gasteiger charge is -2.17. The molecule has 0 bridgehead atoms. The highest BCUT2D eigenvalue weighted by Crippen LogP contribution is 2.21. The number of anilines is 1. The van der Waals surface area contributed by atoms with Gasteiger partial charge in [0.15, 0.2) is 0 Å². The molecule has 1 aromatic carbocycles. The van der Waals surface area contributed by atoms with Crippen LogP contribution in [0.15, 0.2) is 24.3 Å². The maximum atomic E-state index is 11.6. The van der Waals surface area contributed by atoms with Crippen molar-refractivity contribution in [1.82, 2.24) is 20.8 Å². The summed E-state index contributed by atoms with van der Waals surface area (Å²) in [5, 5.41) is 16.4. The van der Waals surface area contributed by atoms with Gasteiger partial charge in [-0.05, 0) is 31.5 Å². The Morgan fingerprint density at radius 3 is 2.73 bits per heavy atom. The summed E-state index contributed by atoms with van der Waals surface area (Å²) < 4.78 is 0. The van der Waals surface area contributed by atoms with Gasteiger partial charge in [0.2, 0.25) is 0 Å². The first-order valence-electron chi connectivity index (χ1n) is 7.31. The van der Waals surface area contributed by atoms with E-state index < -0.39 is 0 Å². The van der Waals surface area contributed by atoms with Crippen molar-refractivity contribution in [3.8, 4) is 0 Å². The Balaban J connectivity index is 1.60. The van der Waals surface area contributed by atoms with Gasteiger partial charge >= 0.3 is 6.03 Å². The van der Waals surface area contributed by atoms with Crippen molar-refractivity contribution in [2.75, 3.05) is 18.0 Å². The van der Waals surface area contributed by atoms with E-state index in [0.717, 1.165) is 22.2 Å². The third kappa shape index (κ3) is 3.26. The molecule has 22 heavy (non-hydrogen) atoms. The van der Waals surface area contributed by atoms with Crippen LogP contribution in [0.25, 0.3) is 0 Å². The minimum absolute atomic E-state index is 0.0226. The van der Waals surface area contributed by atoms with Gasteiger partial charge in [-0.2, -0.15) is 0 Å². The molecule has 1 aliphatic heterocycles. The number of aryl methyl sites for hydroxylation is 1. The summed E-state index contributed by atoms with van der Waals surface area (Å²) in [7, 11) is 0. The molecule has 7 heteroatoms. The zero-order valence-electron chi connectivity index (χ0n) is 12.7. The normalized spacial score (nSPS) is 15.9. The molecule has 116 valence electrons. The fourth-order valence-electron chi connectivity index (χ4n) is 2.43. The summed E-state index contributed by atoms with van der Waals surface area (Å²) >= 11 is 1.61. The molecule has 3 rings (SSSR count). The monoisotopic (exact) mass is 317 g/mol. The lowest BCUT2D eigenvalue weighted by molar-refractivity contribution is 0.252. The number of benzene rings is 1. The molecule has 2 aromatic rings. The molecule has 6 nitrogen and oxygen atoms in total. The van der Waals surface area contributed by atoms with E-state index in [1.54, 1.807) is 16.2 Å². The predicted octanol–water partition coefficient (Wildman–Crippen LogP) is 2.23. The SMILES string of the molecule is Cc1nnc(CNC(C)c2ccc(N3CCNC3=O)cc2)s1. The summed E-state index contributed by atoms with van der Waals surface area (Å²) in [6.07, 6.45) is 0. The molecule has 1 atom stereocenters. The zero-order valence-corrected chi connectivity index (χ0v) is 13.5. The van der Waals surface area contributed by atoms with Crippen LogP contribution in [0.2, 0.25) is 0 Å². The summed E-state index contributed by atoms with van der Waals surface area (Å²) in [5.74, 6) is 0. The van der Waals surface area contributed by atoms with E-state index in [9.17, 15) is 4.79 Å². The van der Waals surface area contributed by atoms with Crippen molar-refractivity contribution in [2.45, 2.75) is 26.4 Å². The zero-order chi connectivity index (χ0) is 15.5. The maximum absolute atomic E-state index is 11.6. The molecule has 1 aliphatic rings. The van der Waals surface area contributed by atoms with Gasteiger partial charge in [0.05, 0.1) is 6.54 Å². The Labute approximate surface area is 133 Å². The number of nitrogens with one attached hydrogen (secondary N) is 2. The number of urea groups is 1. The second kappa shape index (κ2) is 6.41. The molecule has 1 unspecified atom stereocenters. The second-order valence-corrected chi connectivity index (χ2v) is 6.56. The van der Waals surface area contributed by atoms with Crippen LogP contribution in [0.5, 0.6) is 0 Å². The average molecular weight is 317 g/mol. The van der Waals surface area contributed by atoms with E-state index in [1.807, 2.05) is 19.1 Å². The summed E-state index contributed by atoms with van der Waals surface area (Å²) in [6, 6.07) is 8.30. The molecule has 0 aliphatic carbocycles. The number of carbonyl (C=O) groups excluding carboxylic acids is 1. The second-order valence-electron chi connectivity index (χ2n) is 5.29. The number of amides is 2. The van der Waals surface area contributed by atoms with Gasteiger partial charge < -0.3 is 10.6 Å². The first-order chi connectivity index (χ1) is 10.6. The highest BCUT2D eigenvalue weighted by Gasteiger charge is 2.20. The van der Waals surface area contributed by atoms with Crippen LogP contribution in [0.3, 0.4) is 0 Å². The number of aromatic nitrogens is 2. The summed E-state index contributed by atoms with van der Waals surface area (Å²) in [5.41, 5.74) is 2.12. The van der Waals surface area contributed by atoms with Crippen LogP contribution in [0, 0.1) is 6.92 Å². The van der Waals surface area contributed by atoms with Gasteiger partial charge in [0.25, 0.3) is 0 Å². The minimum atomic E-state index is -0.0226. The molecular formula is C15H19N5OS. The Morgan fingerprint density at radius 2 is 2.14 bits per heavy atom. The van der Waals surface area contributed by atoms with Gasteiger partial charge in [-0.25, -0.2) is 4.79 Å². The smallest absolute Gasteiger partial charge is 0.321 e. The lowest BCUT2D eigenvalue weighted by Crippen LogP contribution is -2.27. The van der Waals surface area contributed by atoms with Crippen LogP contribution in [0.1, 0.15) is 28.5 Å². The molecule has 1 aromatic heterocycles. The molecule has 2 N–H and O–H groups in total. The van der Waals surface area contributed by atoms with E-state index >= 15 is 0 Å². The Morgan fingerprint density at radius 1 is 1.36 bits per heavy atom. The van der Waals surface area contributed by atoms with Gasteiger partial charge in [0, 0.05) is 24.8 Å². The molecule has 1 fully saturated rings. The number of hydrogen-bond donors (Lipinski definition) is 2. The van der Waals surface area contributed by atoms with Crippen LogP contribution in [0.4, 0.5) is 10.5 Å². The number of rotatable bonds is 5. The van der Waals surface area contributed by atoms with Crippen molar-refractivity contribution in [3.05, 3.63) is 39.8 Å². The summed E-state index contributed by atoms with van der Waals surface area (Å²) in [4.78, 5) is 13.4. The Kier molecular flexibility index (Phi) is 4.35. The van der Waals surface area contributed by atoms with Gasteiger partial charge in [-0.1, -0.05) is 12.1 Å². The molecule has 2 heterocycles. The molecule has 1 saturated heterocycles. The quantitative estimate of drug-likeness (QED) is 0.887. The van der Waals surface area contributed by atoms with E-state index in [1.165, 1.54) is 5.56 Å². The largest absolute Gasteiger partial charge is 0.336 e. The first-order valence-corrected chi connectivity index (χ1v) is 8.13. The molecule has 0 spiro atoms. The van der Waals surface area contributed by atoms with Crippen LogP contribution >= 0.6 is 11.3 Å². The third-order valence-corrected chi connectivity index (χ3v) is 4.53. The fourth-order valence-corrected chi connectivity index (χ4v) is 3.09. The standard InChI is InChI=1S/C15H19N5OS/c1-10(17-9-14-19-18-11(2)22-14)12-3-5-13(6-4-12)20-8-7-16-15(20)21/h3-6,10,17H,7-9H2,1-2H3,(H,16,21). The van der Waals surface area contributed by atoms with Crippen molar-refractivity contribution >= 4 is 23.1 Å². The fraction of sp³-hybridized carbons (Fsp3) is 0.400. The van der Waals surface area contributed by atoms with Crippen LogP contribution in [-0.2, 0) is 6.54 Å². The third-order valence-electron chi connectivity index (χ3n) is 3.69. The highest BCUT2D eigenvalue weighted by molar-refractivity contribution is 7.11. The van der Waals surface area contributed by atoms with Gasteiger partial charge in [0.1, 0.15) is 10.0 Å². The first kappa shape index (κ1) is 14.9. The average Bonchev–Trinajstić information content (AvgIpc) is 3.13. The van der Waals surface area contributed by atoms with Crippen molar-refractivity contribution in [2.24, 2.45) is 0 Å². The summed E-state index contributed by atoms with van der Waals surface area (Å²) in [6.45, 7) is 6.22. The molecule has 0 saturated carbocycles. The van der Waals surface area contributed by atoms with Gasteiger partial charge in [-0.15, -0.1) is 21.5 Å². The van der Waals surface area contributed by atoms with E-state index in [-0.39, 0.29) is 12.1 Å². The predicted molar refractivity (Wildman–Crippen MR) is 87.1 cm³/mol. The topological polar surface area (TPSA) is 70.2 Å². The van der Waals surface area contributed by atoms with Crippen molar-refractivity contribution in [1.29, 1.82) is 0 Å². The van der Waals surface area contributed by atoms with Crippen LogP contribution in [-0.4, -0.2) is 29.3 Å². The Bertz CT molecular complexity index is 654. The van der Waals surface area contributed by atoms with E-state index in [0.29, 0.717) is 13.1 Å². The molecule has 2 amide bonds. The molecule has 0 radical (unpaired) electrons. The number of nitrogens with zero attached hydrogens (tertiary/aromatic N) is 3. The van der Waals surface area contributed by atoms with E-state index in [2.05, 4.69) is 39.9 Å². The highest BCUT2D eigenvalue weighted by atomic mass is 32.1. The van der Waals surface area contributed by atoms with E-state index in [4.69, 9.17) is 0 Å². The van der Waals surface area contributed by atoms with Gasteiger partial charge in [-0.3, -0.25) is 4.90 Å². The van der Waals surface area contributed by atoms with Crippen molar-refractivity contribution < 1.29 is 4.79 Å². The number of carbonyl (C=O) groups is 1. The molecular weight excluding hydrogens is 298 g/mol. The van der Waals surface area contributed by atoms with Crippen molar-refractivity contribution in [3.63, 3.8) is 0 Å². The number of hydrogen-bond acceptors (Lipinski definition) is 5. The lowest BCUT2D eigenvalue weighted by atomic mass is 10.1.